The molecule has 0 bridgehead atoms. The lowest BCUT2D eigenvalue weighted by atomic mass is 9.78. The van der Waals surface area contributed by atoms with Crippen molar-refractivity contribution in [1.29, 1.82) is 0 Å². The smallest absolute Gasteiger partial charge is 0.257 e. The minimum atomic E-state index is -3.53. The van der Waals surface area contributed by atoms with Gasteiger partial charge in [-0.2, -0.15) is 0 Å². The van der Waals surface area contributed by atoms with E-state index in [9.17, 15) is 22.0 Å². The summed E-state index contributed by atoms with van der Waals surface area (Å²) in [6.07, 6.45) is 3.97. The van der Waals surface area contributed by atoms with Crippen molar-refractivity contribution < 1.29 is 17.2 Å². The van der Waals surface area contributed by atoms with Gasteiger partial charge in [-0.3, -0.25) is 9.36 Å². The largest absolute Gasteiger partial charge is 0.296 e. The van der Waals surface area contributed by atoms with E-state index in [1.807, 2.05) is 19.9 Å². The standard InChI is InChI=1S/C26H29F2N3O3S/c1-15(2)31-14-29-23-9-8-22(30-35(4,33)34)21(24(23)26(31)32)12-17-6-5-7-18(11-17)20-13-19(27)10-16(3)25(20)28/h5-7,10-11,13-15,21-22,30H,8-9,12H2,1-4H3. The van der Waals surface area contributed by atoms with Crippen molar-refractivity contribution >= 4 is 10.0 Å². The molecule has 0 radical (unpaired) electrons. The van der Waals surface area contributed by atoms with Gasteiger partial charge in [-0.15, -0.1) is 0 Å². The van der Waals surface area contributed by atoms with Gasteiger partial charge >= 0.3 is 0 Å². The number of hydrogen-bond acceptors (Lipinski definition) is 4. The molecule has 35 heavy (non-hydrogen) atoms. The molecular weight excluding hydrogens is 472 g/mol. The summed E-state index contributed by atoms with van der Waals surface area (Å²) in [5.41, 5.74) is 2.65. The maximum absolute atomic E-state index is 14.8. The summed E-state index contributed by atoms with van der Waals surface area (Å²) in [4.78, 5) is 17.9. The molecule has 9 heteroatoms. The van der Waals surface area contributed by atoms with E-state index in [2.05, 4.69) is 9.71 Å². The maximum Gasteiger partial charge on any atom is 0.257 e. The van der Waals surface area contributed by atoms with Crippen molar-refractivity contribution in [2.45, 2.75) is 58.0 Å². The summed E-state index contributed by atoms with van der Waals surface area (Å²) in [5.74, 6) is -1.48. The monoisotopic (exact) mass is 501 g/mol. The van der Waals surface area contributed by atoms with E-state index in [0.717, 1.165) is 24.0 Å². The van der Waals surface area contributed by atoms with Crippen LogP contribution in [0.25, 0.3) is 11.1 Å². The summed E-state index contributed by atoms with van der Waals surface area (Å²) in [6.45, 7) is 5.29. The van der Waals surface area contributed by atoms with E-state index in [0.29, 0.717) is 36.1 Å². The summed E-state index contributed by atoms with van der Waals surface area (Å²) in [7, 11) is -3.53. The van der Waals surface area contributed by atoms with E-state index >= 15 is 0 Å². The number of hydrogen-bond donors (Lipinski definition) is 1. The number of nitrogens with zero attached hydrogens (tertiary/aromatic N) is 2. The molecule has 0 spiro atoms. The Morgan fingerprint density at radius 2 is 1.94 bits per heavy atom. The van der Waals surface area contributed by atoms with Crippen LogP contribution in [-0.4, -0.2) is 30.3 Å². The molecular formula is C26H29F2N3O3S. The number of nitrogens with one attached hydrogen (secondary N) is 1. The normalized spacial score (nSPS) is 18.0. The topological polar surface area (TPSA) is 81.1 Å². The Balaban J connectivity index is 1.80. The van der Waals surface area contributed by atoms with E-state index in [1.54, 1.807) is 29.1 Å². The molecule has 0 saturated heterocycles. The Kier molecular flexibility index (Phi) is 6.92. The number of aryl methyl sites for hydroxylation is 2. The SMILES string of the molecule is Cc1cc(F)cc(-c2cccc(CC3c4c(ncn(C(C)C)c4=O)CCC3NS(C)(=O)=O)c2)c1F. The van der Waals surface area contributed by atoms with Crippen LogP contribution in [-0.2, 0) is 22.9 Å². The van der Waals surface area contributed by atoms with Gasteiger partial charge in [-0.1, -0.05) is 24.3 Å². The third-order valence-corrected chi connectivity index (χ3v) is 7.23. The van der Waals surface area contributed by atoms with Gasteiger partial charge in [0, 0.05) is 29.1 Å². The van der Waals surface area contributed by atoms with Crippen LogP contribution in [0.15, 0.2) is 47.5 Å². The van der Waals surface area contributed by atoms with Crippen molar-refractivity contribution in [2.75, 3.05) is 6.26 Å². The predicted molar refractivity (Wildman–Crippen MR) is 132 cm³/mol. The van der Waals surface area contributed by atoms with Crippen LogP contribution in [0.1, 0.15) is 54.6 Å². The fourth-order valence-electron chi connectivity index (χ4n) is 4.87. The van der Waals surface area contributed by atoms with Crippen molar-refractivity contribution in [3.8, 4) is 11.1 Å². The highest BCUT2D eigenvalue weighted by Crippen LogP contribution is 2.34. The lowest BCUT2D eigenvalue weighted by Crippen LogP contribution is -2.45. The molecule has 3 aromatic rings. The summed E-state index contributed by atoms with van der Waals surface area (Å²) < 4.78 is 57.3. The minimum absolute atomic E-state index is 0.105. The number of rotatable bonds is 6. The Bertz CT molecular complexity index is 1430. The fraction of sp³-hybridized carbons (Fsp3) is 0.385. The van der Waals surface area contributed by atoms with Crippen molar-refractivity contribution in [3.63, 3.8) is 0 Å². The second-order valence-electron chi connectivity index (χ2n) is 9.54. The van der Waals surface area contributed by atoms with Gasteiger partial charge < -0.3 is 0 Å². The van der Waals surface area contributed by atoms with Gasteiger partial charge in [-0.25, -0.2) is 26.9 Å². The minimum Gasteiger partial charge on any atom is -0.296 e. The molecule has 2 atom stereocenters. The number of halogens is 2. The number of aromatic nitrogens is 2. The molecule has 1 aromatic heterocycles. The average molecular weight is 502 g/mol. The first-order valence-corrected chi connectivity index (χ1v) is 13.5. The molecule has 2 unspecified atom stereocenters. The molecule has 1 aliphatic rings. The Hall–Kier alpha value is -2.91. The Morgan fingerprint density at radius 3 is 2.63 bits per heavy atom. The quantitative estimate of drug-likeness (QED) is 0.547. The van der Waals surface area contributed by atoms with Gasteiger partial charge in [0.25, 0.3) is 5.56 Å². The highest BCUT2D eigenvalue weighted by Gasteiger charge is 2.35. The van der Waals surface area contributed by atoms with E-state index in [-0.39, 0.29) is 22.7 Å². The van der Waals surface area contributed by atoms with Crippen molar-refractivity contribution in [2.24, 2.45) is 0 Å². The molecule has 4 rings (SSSR count). The van der Waals surface area contributed by atoms with Crippen LogP contribution in [0.4, 0.5) is 8.78 Å². The Morgan fingerprint density at radius 1 is 1.20 bits per heavy atom. The predicted octanol–water partition coefficient (Wildman–Crippen LogP) is 4.27. The third kappa shape index (κ3) is 5.36. The number of fused-ring (bicyclic) bond motifs is 1. The molecule has 0 aliphatic heterocycles. The molecule has 6 nitrogen and oxygen atoms in total. The molecule has 0 fully saturated rings. The molecule has 0 amide bonds. The fourth-order valence-corrected chi connectivity index (χ4v) is 5.70. The first-order chi connectivity index (χ1) is 16.4. The van der Waals surface area contributed by atoms with Gasteiger partial charge in [0.2, 0.25) is 10.0 Å². The van der Waals surface area contributed by atoms with Gasteiger partial charge in [0.15, 0.2) is 0 Å². The lowest BCUT2D eigenvalue weighted by Gasteiger charge is -2.33. The van der Waals surface area contributed by atoms with E-state index in [4.69, 9.17) is 0 Å². The van der Waals surface area contributed by atoms with Crippen molar-refractivity contribution in [1.82, 2.24) is 14.3 Å². The zero-order chi connectivity index (χ0) is 25.5. The van der Waals surface area contributed by atoms with Crippen LogP contribution in [0.3, 0.4) is 0 Å². The molecule has 1 heterocycles. The first kappa shape index (κ1) is 25.2. The van der Waals surface area contributed by atoms with Crippen LogP contribution in [0.5, 0.6) is 0 Å². The van der Waals surface area contributed by atoms with E-state index in [1.165, 1.54) is 6.92 Å². The molecule has 2 aromatic carbocycles. The zero-order valence-electron chi connectivity index (χ0n) is 20.2. The van der Waals surface area contributed by atoms with Crippen molar-refractivity contribution in [3.05, 3.63) is 87.1 Å². The van der Waals surface area contributed by atoms with Gasteiger partial charge in [0.1, 0.15) is 11.6 Å². The molecule has 186 valence electrons. The van der Waals surface area contributed by atoms with Gasteiger partial charge in [-0.05, 0) is 68.9 Å². The number of benzene rings is 2. The Labute approximate surface area is 204 Å². The summed E-state index contributed by atoms with van der Waals surface area (Å²) >= 11 is 0. The van der Waals surface area contributed by atoms with Crippen LogP contribution < -0.4 is 10.3 Å². The zero-order valence-corrected chi connectivity index (χ0v) is 21.0. The van der Waals surface area contributed by atoms with Gasteiger partial charge in [0.05, 0.1) is 18.3 Å². The second kappa shape index (κ2) is 9.62. The molecule has 1 aliphatic carbocycles. The highest BCUT2D eigenvalue weighted by atomic mass is 32.2. The lowest BCUT2D eigenvalue weighted by molar-refractivity contribution is 0.413. The van der Waals surface area contributed by atoms with Crippen LogP contribution in [0.2, 0.25) is 0 Å². The average Bonchev–Trinajstić information content (AvgIpc) is 2.77. The highest BCUT2D eigenvalue weighted by molar-refractivity contribution is 7.88. The van der Waals surface area contributed by atoms with Crippen LogP contribution >= 0.6 is 0 Å². The molecule has 1 N–H and O–H groups in total. The summed E-state index contributed by atoms with van der Waals surface area (Å²) in [6, 6.07) is 8.78. The second-order valence-corrected chi connectivity index (χ2v) is 11.3. The number of sulfonamides is 1. The van der Waals surface area contributed by atoms with E-state index < -0.39 is 33.6 Å². The van der Waals surface area contributed by atoms with Crippen LogP contribution in [0, 0.1) is 18.6 Å². The third-order valence-electron chi connectivity index (χ3n) is 6.50. The summed E-state index contributed by atoms with van der Waals surface area (Å²) in [5, 5.41) is 0. The first-order valence-electron chi connectivity index (χ1n) is 11.6. The molecule has 0 saturated carbocycles. The maximum atomic E-state index is 14.8.